The van der Waals surface area contributed by atoms with Gasteiger partial charge in [-0.2, -0.15) is 0 Å². The molecule has 2 aromatic rings. The zero-order chi connectivity index (χ0) is 18.9. The predicted octanol–water partition coefficient (Wildman–Crippen LogP) is 4.24. The summed E-state index contributed by atoms with van der Waals surface area (Å²) in [6.07, 6.45) is 7.21. The lowest BCUT2D eigenvalue weighted by molar-refractivity contribution is -0.134. The van der Waals surface area contributed by atoms with Gasteiger partial charge in [-0.15, -0.1) is 0 Å². The van der Waals surface area contributed by atoms with E-state index in [1.54, 1.807) is 6.07 Å². The van der Waals surface area contributed by atoms with E-state index in [1.807, 2.05) is 17.3 Å². The Morgan fingerprint density at radius 1 is 1.19 bits per heavy atom. The molecule has 1 saturated heterocycles. The van der Waals surface area contributed by atoms with Crippen LogP contribution >= 0.6 is 0 Å². The lowest BCUT2D eigenvalue weighted by atomic mass is 9.88. The fourth-order valence-corrected chi connectivity index (χ4v) is 4.08. The number of piperidine rings is 1. The maximum absolute atomic E-state index is 12.6. The van der Waals surface area contributed by atoms with E-state index in [0.717, 1.165) is 24.9 Å². The molecular formula is C21H23F2N3O. The molecule has 2 fully saturated rings. The van der Waals surface area contributed by atoms with Crippen LogP contribution in [0.25, 0.3) is 0 Å². The molecule has 1 aliphatic heterocycles. The van der Waals surface area contributed by atoms with Crippen molar-refractivity contribution in [2.45, 2.75) is 49.9 Å². The number of nitrogens with zero attached hydrogens (tertiary/aromatic N) is 3. The van der Waals surface area contributed by atoms with E-state index in [1.165, 1.54) is 30.7 Å². The molecule has 27 heavy (non-hydrogen) atoms. The Balaban J connectivity index is 1.33. The zero-order valence-corrected chi connectivity index (χ0v) is 15.2. The van der Waals surface area contributed by atoms with Crippen LogP contribution in [0.5, 0.6) is 0 Å². The maximum atomic E-state index is 12.6. The molecule has 6 heteroatoms. The minimum absolute atomic E-state index is 0.0723. The molecule has 4 rings (SSSR count). The number of aromatic nitrogens is 2. The van der Waals surface area contributed by atoms with E-state index >= 15 is 0 Å². The van der Waals surface area contributed by atoms with Crippen molar-refractivity contribution >= 4 is 5.91 Å². The average molecular weight is 371 g/mol. The van der Waals surface area contributed by atoms with Crippen molar-refractivity contribution in [2.24, 2.45) is 0 Å². The van der Waals surface area contributed by atoms with Crippen LogP contribution in [0.15, 0.2) is 42.9 Å². The Kier molecular flexibility index (Phi) is 4.89. The van der Waals surface area contributed by atoms with Gasteiger partial charge in [-0.25, -0.2) is 8.78 Å². The topological polar surface area (TPSA) is 46.1 Å². The van der Waals surface area contributed by atoms with Crippen molar-refractivity contribution in [1.29, 1.82) is 0 Å². The standard InChI is InChI=1S/C21H23F2N3O/c22-20(23)18-2-1-16(14-25-18)15-5-11-26(19(27)13-15)12-8-21(6-7-21)17-3-9-24-10-4-17/h1-4,9-10,14-15,20H,5-8,11-13H2. The van der Waals surface area contributed by atoms with Gasteiger partial charge in [0.2, 0.25) is 5.91 Å². The van der Waals surface area contributed by atoms with Crippen LogP contribution in [-0.4, -0.2) is 33.9 Å². The highest BCUT2D eigenvalue weighted by atomic mass is 19.3. The number of amides is 1. The van der Waals surface area contributed by atoms with Crippen LogP contribution in [0, 0.1) is 0 Å². The summed E-state index contributed by atoms with van der Waals surface area (Å²) in [7, 11) is 0. The van der Waals surface area contributed by atoms with Crippen molar-refractivity contribution in [1.82, 2.24) is 14.9 Å². The molecule has 0 aromatic carbocycles. The van der Waals surface area contributed by atoms with E-state index in [0.29, 0.717) is 13.0 Å². The Labute approximate surface area is 157 Å². The predicted molar refractivity (Wildman–Crippen MR) is 97.5 cm³/mol. The number of carbonyl (C=O) groups excluding carboxylic acids is 1. The number of rotatable bonds is 6. The summed E-state index contributed by atoms with van der Waals surface area (Å²) in [6.45, 7) is 1.49. The van der Waals surface area contributed by atoms with Crippen molar-refractivity contribution in [3.63, 3.8) is 0 Å². The third-order valence-electron chi connectivity index (χ3n) is 6.03. The highest BCUT2D eigenvalue weighted by Gasteiger charge is 2.44. The summed E-state index contributed by atoms with van der Waals surface area (Å²) in [6, 6.07) is 7.21. The summed E-state index contributed by atoms with van der Waals surface area (Å²) < 4.78 is 25.3. The van der Waals surface area contributed by atoms with Crippen LogP contribution in [0.3, 0.4) is 0 Å². The number of carbonyl (C=O) groups is 1. The fraction of sp³-hybridized carbons (Fsp3) is 0.476. The maximum Gasteiger partial charge on any atom is 0.280 e. The summed E-state index contributed by atoms with van der Waals surface area (Å²) >= 11 is 0. The Morgan fingerprint density at radius 2 is 1.96 bits per heavy atom. The first-order valence-corrected chi connectivity index (χ1v) is 9.50. The van der Waals surface area contributed by atoms with E-state index in [4.69, 9.17) is 0 Å². The van der Waals surface area contributed by atoms with Gasteiger partial charge in [-0.1, -0.05) is 6.07 Å². The van der Waals surface area contributed by atoms with Gasteiger partial charge in [-0.3, -0.25) is 14.8 Å². The SMILES string of the molecule is O=C1CC(c2ccc(C(F)F)nc2)CCN1CCC1(c2ccncc2)CC1. The molecule has 2 aliphatic rings. The number of likely N-dealkylation sites (tertiary alicyclic amines) is 1. The average Bonchev–Trinajstić information content (AvgIpc) is 3.49. The molecule has 0 spiro atoms. The summed E-state index contributed by atoms with van der Waals surface area (Å²) in [5.41, 5.74) is 2.20. The molecule has 1 amide bonds. The Hall–Kier alpha value is -2.37. The van der Waals surface area contributed by atoms with Crippen LogP contribution in [-0.2, 0) is 10.2 Å². The first kappa shape index (κ1) is 18.0. The van der Waals surface area contributed by atoms with Gasteiger partial charge in [0.05, 0.1) is 0 Å². The van der Waals surface area contributed by atoms with Crippen LogP contribution in [0.2, 0.25) is 0 Å². The van der Waals surface area contributed by atoms with Crippen molar-refractivity contribution in [3.05, 3.63) is 59.7 Å². The molecular weight excluding hydrogens is 348 g/mol. The molecule has 0 bridgehead atoms. The van der Waals surface area contributed by atoms with E-state index < -0.39 is 6.43 Å². The van der Waals surface area contributed by atoms with E-state index in [9.17, 15) is 13.6 Å². The van der Waals surface area contributed by atoms with Crippen LogP contribution in [0.1, 0.15) is 61.3 Å². The number of alkyl halides is 2. The summed E-state index contributed by atoms with van der Waals surface area (Å²) in [4.78, 5) is 22.5. The van der Waals surface area contributed by atoms with Gasteiger partial charge in [0, 0.05) is 38.1 Å². The van der Waals surface area contributed by atoms with Gasteiger partial charge in [0.15, 0.2) is 0 Å². The van der Waals surface area contributed by atoms with Crippen LogP contribution in [0.4, 0.5) is 8.78 Å². The molecule has 2 aromatic heterocycles. The van der Waals surface area contributed by atoms with Crippen molar-refractivity contribution in [3.8, 4) is 0 Å². The van der Waals surface area contributed by atoms with E-state index in [-0.39, 0.29) is 22.9 Å². The van der Waals surface area contributed by atoms with Gasteiger partial charge in [-0.05, 0) is 66.3 Å². The van der Waals surface area contributed by atoms with Gasteiger partial charge in [0.1, 0.15) is 5.69 Å². The molecule has 0 radical (unpaired) electrons. The molecule has 3 heterocycles. The highest BCUT2D eigenvalue weighted by molar-refractivity contribution is 5.78. The number of hydrogen-bond acceptors (Lipinski definition) is 3. The number of pyridine rings is 2. The van der Waals surface area contributed by atoms with E-state index in [2.05, 4.69) is 22.1 Å². The molecule has 1 unspecified atom stereocenters. The first-order chi connectivity index (χ1) is 13.1. The minimum Gasteiger partial charge on any atom is -0.343 e. The lowest BCUT2D eigenvalue weighted by Gasteiger charge is -2.33. The second-order valence-electron chi connectivity index (χ2n) is 7.65. The highest BCUT2D eigenvalue weighted by Crippen LogP contribution is 2.51. The quantitative estimate of drug-likeness (QED) is 0.763. The molecule has 1 atom stereocenters. The third kappa shape index (κ3) is 3.84. The Morgan fingerprint density at radius 3 is 2.56 bits per heavy atom. The molecule has 0 N–H and O–H groups in total. The smallest absolute Gasteiger partial charge is 0.280 e. The third-order valence-corrected chi connectivity index (χ3v) is 6.03. The van der Waals surface area contributed by atoms with Crippen molar-refractivity contribution in [2.75, 3.05) is 13.1 Å². The second kappa shape index (κ2) is 7.33. The van der Waals surface area contributed by atoms with Crippen molar-refractivity contribution < 1.29 is 13.6 Å². The fourth-order valence-electron chi connectivity index (χ4n) is 4.08. The molecule has 142 valence electrons. The monoisotopic (exact) mass is 371 g/mol. The minimum atomic E-state index is -2.56. The molecule has 1 saturated carbocycles. The second-order valence-corrected chi connectivity index (χ2v) is 7.65. The molecule has 4 nitrogen and oxygen atoms in total. The van der Waals surface area contributed by atoms with Crippen LogP contribution < -0.4 is 0 Å². The first-order valence-electron chi connectivity index (χ1n) is 9.50. The lowest BCUT2D eigenvalue weighted by Crippen LogP contribution is -2.39. The zero-order valence-electron chi connectivity index (χ0n) is 15.2. The number of halogens is 2. The van der Waals surface area contributed by atoms with Gasteiger partial charge in [0.25, 0.3) is 6.43 Å². The summed E-state index contributed by atoms with van der Waals surface area (Å²) in [5.74, 6) is 0.220. The normalized spacial score (nSPS) is 21.5. The van der Waals surface area contributed by atoms with Gasteiger partial charge < -0.3 is 4.90 Å². The summed E-state index contributed by atoms with van der Waals surface area (Å²) in [5, 5.41) is 0. The Bertz CT molecular complexity index is 791. The number of hydrogen-bond donors (Lipinski definition) is 0. The van der Waals surface area contributed by atoms with Gasteiger partial charge >= 0.3 is 0 Å². The molecule has 1 aliphatic carbocycles. The largest absolute Gasteiger partial charge is 0.343 e.